The Kier molecular flexibility index (Phi) is 4.00. The SMILES string of the molecule is O=C1c2ccccc2C(=O)c2c1ccc(-c1ccc(O)cc1)c2-c1ccc(O)cc1. The van der Waals surface area contributed by atoms with Gasteiger partial charge in [0.15, 0.2) is 11.6 Å². The fraction of sp³-hybridized carbons (Fsp3) is 0. The summed E-state index contributed by atoms with van der Waals surface area (Å²) in [4.78, 5) is 26.7. The molecule has 0 aliphatic heterocycles. The first kappa shape index (κ1) is 17.9. The van der Waals surface area contributed by atoms with Crippen LogP contribution in [0.1, 0.15) is 31.8 Å². The average Bonchev–Trinajstić information content (AvgIpc) is 2.78. The molecule has 144 valence electrons. The molecule has 0 saturated heterocycles. The van der Waals surface area contributed by atoms with Gasteiger partial charge in [-0.15, -0.1) is 0 Å². The lowest BCUT2D eigenvalue weighted by atomic mass is 9.78. The Morgan fingerprint density at radius 3 is 1.53 bits per heavy atom. The minimum absolute atomic E-state index is 0.113. The molecule has 0 fully saturated rings. The zero-order valence-corrected chi connectivity index (χ0v) is 15.8. The van der Waals surface area contributed by atoms with Crippen molar-refractivity contribution >= 4 is 11.6 Å². The lowest BCUT2D eigenvalue weighted by Crippen LogP contribution is -2.22. The maximum absolute atomic E-state index is 13.5. The van der Waals surface area contributed by atoms with Crippen LogP contribution in [0.2, 0.25) is 0 Å². The number of carbonyl (C=O) groups excluding carboxylic acids is 2. The molecule has 5 rings (SSSR count). The molecule has 1 aliphatic rings. The van der Waals surface area contributed by atoms with Gasteiger partial charge in [0.1, 0.15) is 11.5 Å². The molecule has 2 N–H and O–H groups in total. The van der Waals surface area contributed by atoms with Gasteiger partial charge in [-0.1, -0.05) is 54.6 Å². The molecule has 0 amide bonds. The van der Waals surface area contributed by atoms with Crippen molar-refractivity contribution in [3.63, 3.8) is 0 Å². The van der Waals surface area contributed by atoms with Crippen LogP contribution in [0.15, 0.2) is 84.9 Å². The van der Waals surface area contributed by atoms with Gasteiger partial charge in [-0.2, -0.15) is 0 Å². The van der Waals surface area contributed by atoms with Crippen LogP contribution >= 0.6 is 0 Å². The first-order chi connectivity index (χ1) is 14.5. The van der Waals surface area contributed by atoms with E-state index in [2.05, 4.69) is 0 Å². The Balaban J connectivity index is 1.85. The topological polar surface area (TPSA) is 74.6 Å². The van der Waals surface area contributed by atoms with Gasteiger partial charge >= 0.3 is 0 Å². The second-order valence-corrected chi connectivity index (χ2v) is 7.21. The number of aromatic hydroxyl groups is 2. The first-order valence-corrected chi connectivity index (χ1v) is 9.49. The fourth-order valence-corrected chi connectivity index (χ4v) is 4.00. The Morgan fingerprint density at radius 1 is 0.433 bits per heavy atom. The predicted molar refractivity (Wildman–Crippen MR) is 114 cm³/mol. The van der Waals surface area contributed by atoms with Crippen LogP contribution in [0.5, 0.6) is 11.5 Å². The second-order valence-electron chi connectivity index (χ2n) is 7.21. The van der Waals surface area contributed by atoms with Crippen molar-refractivity contribution in [2.75, 3.05) is 0 Å². The zero-order valence-electron chi connectivity index (χ0n) is 15.8. The van der Waals surface area contributed by atoms with Gasteiger partial charge in [0, 0.05) is 27.8 Å². The summed E-state index contributed by atoms with van der Waals surface area (Å²) in [7, 11) is 0. The number of benzene rings is 4. The van der Waals surface area contributed by atoms with E-state index in [-0.39, 0.29) is 23.1 Å². The van der Waals surface area contributed by atoms with E-state index < -0.39 is 0 Å². The van der Waals surface area contributed by atoms with Crippen molar-refractivity contribution in [1.82, 2.24) is 0 Å². The predicted octanol–water partition coefficient (Wildman–Crippen LogP) is 5.21. The number of phenols is 2. The van der Waals surface area contributed by atoms with Crippen molar-refractivity contribution in [3.8, 4) is 33.8 Å². The molecule has 0 bridgehead atoms. The molecular formula is C26H16O4. The standard InChI is InChI=1S/C26H16O4/c27-17-9-5-15(6-10-17)19-13-14-22-24(23(19)16-7-11-18(28)12-8-16)26(30)21-4-2-1-3-20(21)25(22)29/h1-14,27-28H. The van der Waals surface area contributed by atoms with Crippen molar-refractivity contribution in [2.45, 2.75) is 0 Å². The summed E-state index contributed by atoms with van der Waals surface area (Å²) in [5.41, 5.74) is 4.43. The average molecular weight is 392 g/mol. The largest absolute Gasteiger partial charge is 0.508 e. The quantitative estimate of drug-likeness (QED) is 0.433. The first-order valence-electron chi connectivity index (χ1n) is 9.49. The van der Waals surface area contributed by atoms with E-state index in [1.165, 1.54) is 0 Å². The summed E-state index contributed by atoms with van der Waals surface area (Å²) in [5.74, 6) is -0.132. The van der Waals surface area contributed by atoms with Gasteiger partial charge < -0.3 is 10.2 Å². The highest BCUT2D eigenvalue weighted by atomic mass is 16.3. The maximum atomic E-state index is 13.5. The van der Waals surface area contributed by atoms with E-state index in [1.54, 1.807) is 78.9 Å². The van der Waals surface area contributed by atoms with Gasteiger partial charge in [0.05, 0.1) is 0 Å². The summed E-state index contributed by atoms with van der Waals surface area (Å²) in [6.07, 6.45) is 0. The van der Waals surface area contributed by atoms with Crippen LogP contribution < -0.4 is 0 Å². The highest BCUT2D eigenvalue weighted by molar-refractivity contribution is 6.31. The van der Waals surface area contributed by atoms with Crippen molar-refractivity contribution in [3.05, 3.63) is 107 Å². The minimum Gasteiger partial charge on any atom is -0.508 e. The van der Waals surface area contributed by atoms with E-state index in [1.807, 2.05) is 6.07 Å². The summed E-state index contributed by atoms with van der Waals surface area (Å²) < 4.78 is 0. The third kappa shape index (κ3) is 2.70. The number of hydrogen-bond acceptors (Lipinski definition) is 4. The third-order valence-electron chi connectivity index (χ3n) is 5.43. The zero-order chi connectivity index (χ0) is 20.8. The van der Waals surface area contributed by atoms with Crippen molar-refractivity contribution < 1.29 is 19.8 Å². The third-order valence-corrected chi connectivity index (χ3v) is 5.43. The summed E-state index contributed by atoms with van der Waals surface area (Å²) in [6.45, 7) is 0. The number of fused-ring (bicyclic) bond motifs is 2. The highest BCUT2D eigenvalue weighted by Gasteiger charge is 2.33. The summed E-state index contributed by atoms with van der Waals surface area (Å²) in [6, 6.07) is 23.6. The molecule has 0 spiro atoms. The van der Waals surface area contributed by atoms with Crippen LogP contribution in [0.3, 0.4) is 0 Å². The van der Waals surface area contributed by atoms with Crippen LogP contribution in [-0.4, -0.2) is 21.8 Å². The molecule has 4 nitrogen and oxygen atoms in total. The molecule has 30 heavy (non-hydrogen) atoms. The molecule has 0 unspecified atom stereocenters. The number of carbonyl (C=O) groups is 2. The van der Waals surface area contributed by atoms with E-state index >= 15 is 0 Å². The van der Waals surface area contributed by atoms with Crippen LogP contribution in [0.25, 0.3) is 22.3 Å². The maximum Gasteiger partial charge on any atom is 0.195 e. The molecule has 1 aliphatic carbocycles. The summed E-state index contributed by atoms with van der Waals surface area (Å²) >= 11 is 0. The minimum atomic E-state index is -0.205. The van der Waals surface area contributed by atoms with Crippen LogP contribution in [0, 0.1) is 0 Å². The Morgan fingerprint density at radius 2 is 0.933 bits per heavy atom. The monoisotopic (exact) mass is 392 g/mol. The van der Waals surface area contributed by atoms with Crippen LogP contribution in [0.4, 0.5) is 0 Å². The van der Waals surface area contributed by atoms with Gasteiger partial charge in [-0.3, -0.25) is 9.59 Å². The number of hydrogen-bond donors (Lipinski definition) is 2. The molecule has 4 aromatic rings. The van der Waals surface area contributed by atoms with E-state index in [4.69, 9.17) is 0 Å². The highest BCUT2D eigenvalue weighted by Crippen LogP contribution is 2.41. The van der Waals surface area contributed by atoms with E-state index in [0.717, 1.165) is 11.1 Å². The smallest absolute Gasteiger partial charge is 0.195 e. The Hall–Kier alpha value is -4.18. The lowest BCUT2D eigenvalue weighted by molar-refractivity contribution is 0.0979. The molecule has 0 atom stereocenters. The van der Waals surface area contributed by atoms with Gasteiger partial charge in [-0.25, -0.2) is 0 Å². The normalized spacial score (nSPS) is 12.4. The summed E-state index contributed by atoms with van der Waals surface area (Å²) in [5, 5.41) is 19.4. The lowest BCUT2D eigenvalue weighted by Gasteiger charge is -2.23. The second kappa shape index (κ2) is 6.71. The van der Waals surface area contributed by atoms with Crippen molar-refractivity contribution in [1.29, 1.82) is 0 Å². The number of phenolic OH excluding ortho intramolecular Hbond substituents is 2. The van der Waals surface area contributed by atoms with E-state index in [9.17, 15) is 19.8 Å². The molecule has 0 aromatic heterocycles. The Labute approximate surface area is 172 Å². The molecule has 4 aromatic carbocycles. The number of ketones is 2. The fourth-order valence-electron chi connectivity index (χ4n) is 4.00. The Bertz CT molecular complexity index is 1320. The molecule has 0 radical (unpaired) electrons. The molecular weight excluding hydrogens is 376 g/mol. The van der Waals surface area contributed by atoms with Gasteiger partial charge in [0.25, 0.3) is 0 Å². The molecule has 0 heterocycles. The number of rotatable bonds is 2. The molecule has 4 heteroatoms. The van der Waals surface area contributed by atoms with Gasteiger partial charge in [0.2, 0.25) is 0 Å². The van der Waals surface area contributed by atoms with Crippen LogP contribution in [-0.2, 0) is 0 Å². The van der Waals surface area contributed by atoms with E-state index in [0.29, 0.717) is 33.4 Å². The van der Waals surface area contributed by atoms with Gasteiger partial charge in [-0.05, 0) is 47.0 Å². The molecule has 0 saturated carbocycles. The van der Waals surface area contributed by atoms with Crippen molar-refractivity contribution in [2.24, 2.45) is 0 Å².